The second-order valence-corrected chi connectivity index (χ2v) is 10.1. The van der Waals surface area contributed by atoms with Crippen molar-refractivity contribution in [2.75, 3.05) is 6.61 Å². The number of rotatable bonds is 28. The van der Waals surface area contributed by atoms with Crippen LogP contribution in [0.15, 0.2) is 11.8 Å². The molecule has 0 bridgehead atoms. The van der Waals surface area contributed by atoms with Gasteiger partial charge in [-0.3, -0.25) is 9.59 Å². The van der Waals surface area contributed by atoms with Crippen molar-refractivity contribution < 1.29 is 19.1 Å². The van der Waals surface area contributed by atoms with Gasteiger partial charge in [0.15, 0.2) is 0 Å². The molecule has 1 unspecified atom stereocenters. The van der Waals surface area contributed by atoms with Gasteiger partial charge in [0.2, 0.25) is 0 Å². The molecule has 0 N–H and O–H groups in total. The van der Waals surface area contributed by atoms with Gasteiger partial charge in [-0.1, -0.05) is 84.5 Å². The monoisotopic (exact) mass is 494 g/mol. The lowest BCUT2D eigenvalue weighted by Crippen LogP contribution is -2.12. The first-order valence-corrected chi connectivity index (χ1v) is 15.1. The maximum Gasteiger partial charge on any atom is 0.293 e. The number of allylic oxidation sites excluding steroid dienone is 2. The van der Waals surface area contributed by atoms with Crippen LogP contribution in [0.25, 0.3) is 0 Å². The van der Waals surface area contributed by atoms with Crippen LogP contribution in [-0.4, -0.2) is 25.0 Å². The molecule has 0 aromatic rings. The second-order valence-electron chi connectivity index (χ2n) is 10.1. The number of Topliss-reactive ketones (excluding diaryl/α,β-unsaturated/α-hetero) is 1. The summed E-state index contributed by atoms with van der Waals surface area (Å²) in [6, 6.07) is 0. The summed E-state index contributed by atoms with van der Waals surface area (Å²) in [6.07, 6.45) is 27.1. The molecular weight excluding hydrogens is 436 g/mol. The molecule has 0 aliphatic heterocycles. The van der Waals surface area contributed by atoms with Crippen LogP contribution in [0.4, 0.5) is 0 Å². The SMILES string of the molecule is C/C=C(\CCCCCCCCCC(CCCCCCCCCC(=O)CCCC)OC=O)OCCC. The fraction of sp³-hybridized carbons (Fsp3) is 0.871. The third-order valence-electron chi connectivity index (χ3n) is 6.80. The summed E-state index contributed by atoms with van der Waals surface area (Å²) < 4.78 is 11.1. The Kier molecular flexibility index (Phi) is 26.2. The Bertz CT molecular complexity index is 500. The first-order valence-electron chi connectivity index (χ1n) is 15.1. The van der Waals surface area contributed by atoms with Crippen molar-refractivity contribution in [1.29, 1.82) is 0 Å². The molecule has 0 fully saturated rings. The Morgan fingerprint density at radius 1 is 0.657 bits per heavy atom. The van der Waals surface area contributed by atoms with E-state index in [0.29, 0.717) is 12.3 Å². The van der Waals surface area contributed by atoms with Crippen molar-refractivity contribution in [2.45, 2.75) is 168 Å². The molecule has 0 amide bonds. The molecule has 0 saturated carbocycles. The van der Waals surface area contributed by atoms with E-state index in [1.165, 1.54) is 70.6 Å². The van der Waals surface area contributed by atoms with Gasteiger partial charge in [-0.25, -0.2) is 0 Å². The summed E-state index contributed by atoms with van der Waals surface area (Å²) in [5.74, 6) is 1.60. The number of hydrogen-bond acceptors (Lipinski definition) is 4. The highest BCUT2D eigenvalue weighted by Crippen LogP contribution is 2.18. The molecule has 0 aromatic heterocycles. The van der Waals surface area contributed by atoms with E-state index in [-0.39, 0.29) is 6.10 Å². The molecule has 0 aromatic carbocycles. The largest absolute Gasteiger partial charge is 0.498 e. The van der Waals surface area contributed by atoms with E-state index in [0.717, 1.165) is 83.0 Å². The highest BCUT2D eigenvalue weighted by atomic mass is 16.5. The second kappa shape index (κ2) is 27.3. The van der Waals surface area contributed by atoms with Crippen LogP contribution in [0, 0.1) is 0 Å². The third kappa shape index (κ3) is 24.2. The zero-order chi connectivity index (χ0) is 25.8. The maximum absolute atomic E-state index is 11.7. The summed E-state index contributed by atoms with van der Waals surface area (Å²) in [5.41, 5.74) is 0. The minimum absolute atomic E-state index is 0.101. The molecular formula is C31H58O4. The molecule has 1 atom stereocenters. The Morgan fingerprint density at radius 3 is 1.63 bits per heavy atom. The molecule has 0 aliphatic carbocycles. The van der Waals surface area contributed by atoms with Crippen LogP contribution in [0.2, 0.25) is 0 Å². The Balaban J connectivity index is 3.58. The van der Waals surface area contributed by atoms with Gasteiger partial charge in [0.05, 0.1) is 12.4 Å². The average molecular weight is 495 g/mol. The number of carbonyl (C=O) groups excluding carboxylic acids is 2. The molecule has 0 rings (SSSR count). The zero-order valence-corrected chi connectivity index (χ0v) is 23.6. The maximum atomic E-state index is 11.7. The lowest BCUT2D eigenvalue weighted by molar-refractivity contribution is -0.134. The predicted octanol–water partition coefficient (Wildman–Crippen LogP) is 9.64. The number of ketones is 1. The lowest BCUT2D eigenvalue weighted by Gasteiger charge is -2.15. The van der Waals surface area contributed by atoms with Crippen LogP contribution >= 0.6 is 0 Å². The summed E-state index contributed by atoms with van der Waals surface area (Å²) in [7, 11) is 0. The van der Waals surface area contributed by atoms with Gasteiger partial charge in [-0.2, -0.15) is 0 Å². The van der Waals surface area contributed by atoms with Crippen molar-refractivity contribution in [1.82, 2.24) is 0 Å². The molecule has 0 radical (unpaired) electrons. The van der Waals surface area contributed by atoms with Crippen LogP contribution in [0.1, 0.15) is 162 Å². The van der Waals surface area contributed by atoms with Gasteiger partial charge < -0.3 is 9.47 Å². The molecule has 35 heavy (non-hydrogen) atoms. The van der Waals surface area contributed by atoms with E-state index in [4.69, 9.17) is 9.47 Å². The topological polar surface area (TPSA) is 52.6 Å². The Hall–Kier alpha value is -1.32. The minimum atomic E-state index is 0.101. The van der Waals surface area contributed by atoms with Gasteiger partial charge >= 0.3 is 0 Å². The van der Waals surface area contributed by atoms with Crippen LogP contribution in [-0.2, 0) is 19.1 Å². The first-order chi connectivity index (χ1) is 17.2. The molecule has 0 saturated heterocycles. The summed E-state index contributed by atoms with van der Waals surface area (Å²) in [6.45, 7) is 7.81. The molecule has 0 spiro atoms. The smallest absolute Gasteiger partial charge is 0.293 e. The standard InChI is InChI=1S/C31H58O4/c1-4-7-22-29(33)23-18-14-10-8-12-16-20-25-31(35-28-32)26-21-17-13-9-11-15-19-24-30(6-3)34-27-5-2/h6,28,31H,4-5,7-27H2,1-3H3/b30-6+. The van der Waals surface area contributed by atoms with Crippen molar-refractivity contribution in [3.8, 4) is 0 Å². The third-order valence-corrected chi connectivity index (χ3v) is 6.80. The first kappa shape index (κ1) is 33.7. The van der Waals surface area contributed by atoms with Gasteiger partial charge in [-0.15, -0.1) is 0 Å². The molecule has 0 aliphatic rings. The van der Waals surface area contributed by atoms with Crippen molar-refractivity contribution in [2.24, 2.45) is 0 Å². The highest BCUT2D eigenvalue weighted by molar-refractivity contribution is 5.78. The summed E-state index contributed by atoms with van der Waals surface area (Å²) in [5, 5.41) is 0. The van der Waals surface area contributed by atoms with Crippen molar-refractivity contribution in [3.63, 3.8) is 0 Å². The highest BCUT2D eigenvalue weighted by Gasteiger charge is 2.09. The predicted molar refractivity (Wildman–Crippen MR) is 149 cm³/mol. The van der Waals surface area contributed by atoms with Crippen molar-refractivity contribution in [3.05, 3.63) is 11.8 Å². The van der Waals surface area contributed by atoms with E-state index >= 15 is 0 Å². The van der Waals surface area contributed by atoms with E-state index < -0.39 is 0 Å². The van der Waals surface area contributed by atoms with E-state index in [9.17, 15) is 9.59 Å². The number of hydrogen-bond donors (Lipinski definition) is 0. The molecule has 4 nitrogen and oxygen atoms in total. The fourth-order valence-corrected chi connectivity index (χ4v) is 4.52. The number of ether oxygens (including phenoxy) is 2. The van der Waals surface area contributed by atoms with E-state index in [1.807, 2.05) is 0 Å². The molecule has 4 heteroatoms. The Labute approximate surface area is 218 Å². The van der Waals surface area contributed by atoms with Crippen LogP contribution in [0.5, 0.6) is 0 Å². The molecule has 206 valence electrons. The lowest BCUT2D eigenvalue weighted by atomic mass is 10.0. The normalized spacial score (nSPS) is 12.5. The Morgan fingerprint density at radius 2 is 1.14 bits per heavy atom. The van der Waals surface area contributed by atoms with Gasteiger partial charge in [-0.05, 0) is 64.4 Å². The van der Waals surface area contributed by atoms with Gasteiger partial charge in [0.25, 0.3) is 6.47 Å². The number of carbonyl (C=O) groups is 2. The summed E-state index contributed by atoms with van der Waals surface area (Å²) in [4.78, 5) is 22.5. The van der Waals surface area contributed by atoms with E-state index in [2.05, 4.69) is 26.8 Å². The quantitative estimate of drug-likeness (QED) is 0.0617. The average Bonchev–Trinajstić information content (AvgIpc) is 2.86. The summed E-state index contributed by atoms with van der Waals surface area (Å²) >= 11 is 0. The van der Waals surface area contributed by atoms with E-state index in [1.54, 1.807) is 0 Å². The fourth-order valence-electron chi connectivity index (χ4n) is 4.52. The minimum Gasteiger partial charge on any atom is -0.498 e. The number of unbranched alkanes of at least 4 members (excludes halogenated alkanes) is 13. The van der Waals surface area contributed by atoms with Gasteiger partial charge in [0, 0.05) is 19.3 Å². The van der Waals surface area contributed by atoms with Crippen LogP contribution in [0.3, 0.4) is 0 Å². The van der Waals surface area contributed by atoms with Gasteiger partial charge in [0.1, 0.15) is 11.9 Å². The molecule has 0 heterocycles. The zero-order valence-electron chi connectivity index (χ0n) is 23.6. The van der Waals surface area contributed by atoms with Crippen molar-refractivity contribution >= 4 is 12.3 Å². The van der Waals surface area contributed by atoms with Crippen LogP contribution < -0.4 is 0 Å².